The average Bonchev–Trinajstić information content (AvgIpc) is 2.48. The first-order chi connectivity index (χ1) is 10.9. The van der Waals surface area contributed by atoms with Crippen LogP contribution in [0, 0.1) is 0 Å². The highest BCUT2D eigenvalue weighted by Gasteiger charge is 2.31. The smallest absolute Gasteiger partial charge is 0.416 e. The molecule has 24 heavy (non-hydrogen) atoms. The van der Waals surface area contributed by atoms with E-state index in [2.05, 4.69) is 10.6 Å². The van der Waals surface area contributed by atoms with Crippen molar-refractivity contribution in [3.05, 3.63) is 23.8 Å². The normalized spacial score (nSPS) is 10.9. The fourth-order valence-corrected chi connectivity index (χ4v) is 1.80. The minimum Gasteiger partial charge on any atom is -0.489 e. The van der Waals surface area contributed by atoms with Gasteiger partial charge < -0.3 is 20.1 Å². The third kappa shape index (κ3) is 7.85. The van der Waals surface area contributed by atoms with E-state index in [4.69, 9.17) is 9.47 Å². The molecule has 5 nitrogen and oxygen atoms in total. The van der Waals surface area contributed by atoms with Crippen LogP contribution in [-0.4, -0.2) is 39.8 Å². The second-order valence-corrected chi connectivity index (χ2v) is 4.81. The third-order valence-corrected chi connectivity index (χ3v) is 2.96. The Labute approximate surface area is 145 Å². The quantitative estimate of drug-likeness (QED) is 0.656. The highest BCUT2D eigenvalue weighted by atomic mass is 35.5. The van der Waals surface area contributed by atoms with E-state index in [1.807, 2.05) is 0 Å². The molecule has 1 rings (SSSR count). The highest BCUT2D eigenvalue weighted by molar-refractivity contribution is 5.92. The lowest BCUT2D eigenvalue weighted by atomic mass is 10.1. The predicted octanol–water partition coefficient (Wildman–Crippen LogP) is 3.09. The minimum absolute atomic E-state index is 0. The molecule has 0 unspecified atom stereocenters. The van der Waals surface area contributed by atoms with E-state index in [0.29, 0.717) is 13.0 Å². The van der Waals surface area contributed by atoms with Crippen LogP contribution >= 0.6 is 12.4 Å². The Bertz CT molecular complexity index is 513. The van der Waals surface area contributed by atoms with Crippen LogP contribution in [0.4, 0.5) is 18.9 Å². The summed E-state index contributed by atoms with van der Waals surface area (Å²) in [6.07, 6.45) is -3.70. The second kappa shape index (κ2) is 11.1. The molecule has 0 radical (unpaired) electrons. The summed E-state index contributed by atoms with van der Waals surface area (Å²) in [6, 6.07) is 2.98. The zero-order chi connectivity index (χ0) is 17.3. The summed E-state index contributed by atoms with van der Waals surface area (Å²) in [6.45, 7) is 1.11. The monoisotopic (exact) mass is 370 g/mol. The maximum absolute atomic E-state index is 12.8. The summed E-state index contributed by atoms with van der Waals surface area (Å²) < 4.78 is 48.6. The van der Waals surface area contributed by atoms with Crippen molar-refractivity contribution in [1.29, 1.82) is 0 Å². The molecule has 1 aromatic carbocycles. The maximum atomic E-state index is 12.8. The number of amides is 1. The largest absolute Gasteiger partial charge is 0.489 e. The van der Waals surface area contributed by atoms with Gasteiger partial charge in [0.1, 0.15) is 12.4 Å². The van der Waals surface area contributed by atoms with Crippen LogP contribution in [0.2, 0.25) is 0 Å². The number of ether oxygens (including phenoxy) is 2. The topological polar surface area (TPSA) is 59.6 Å². The summed E-state index contributed by atoms with van der Waals surface area (Å²) in [5.74, 6) is -0.187. The molecule has 1 aromatic rings. The van der Waals surface area contributed by atoms with Gasteiger partial charge in [0.15, 0.2) is 0 Å². The fourth-order valence-electron chi connectivity index (χ4n) is 1.80. The number of alkyl halides is 3. The molecule has 0 bridgehead atoms. The summed E-state index contributed by atoms with van der Waals surface area (Å²) >= 11 is 0. The molecule has 0 aromatic heterocycles. The van der Waals surface area contributed by atoms with Gasteiger partial charge in [-0.05, 0) is 38.2 Å². The second-order valence-electron chi connectivity index (χ2n) is 4.81. The van der Waals surface area contributed by atoms with E-state index < -0.39 is 11.7 Å². The van der Waals surface area contributed by atoms with Crippen LogP contribution in [0.5, 0.6) is 5.75 Å². The molecule has 0 saturated carbocycles. The van der Waals surface area contributed by atoms with Crippen LogP contribution < -0.4 is 15.4 Å². The van der Waals surface area contributed by atoms with Crippen molar-refractivity contribution in [3.63, 3.8) is 0 Å². The molecule has 138 valence electrons. The van der Waals surface area contributed by atoms with Crippen molar-refractivity contribution >= 4 is 24.0 Å². The molecule has 0 aliphatic heterocycles. The standard InChI is InChI=1S/C15H21F3N2O3.ClH/c1-19-7-3-4-14(21)20-12-10-11(15(16,17)18)5-6-13(12)23-9-8-22-2;/h5-6,10,19H,3-4,7-9H2,1-2H3,(H,20,21);1H. The van der Waals surface area contributed by atoms with Gasteiger partial charge in [0.2, 0.25) is 5.91 Å². The molecule has 9 heteroatoms. The molecular weight excluding hydrogens is 349 g/mol. The van der Waals surface area contributed by atoms with Crippen LogP contribution in [0.1, 0.15) is 18.4 Å². The van der Waals surface area contributed by atoms with E-state index in [9.17, 15) is 18.0 Å². The Morgan fingerprint density at radius 3 is 2.54 bits per heavy atom. The molecule has 0 spiro atoms. The minimum atomic E-state index is -4.49. The Kier molecular flexibility index (Phi) is 10.4. The SMILES string of the molecule is CNCCCC(=O)Nc1cc(C(F)(F)F)ccc1OCCOC.Cl. The van der Waals surface area contributed by atoms with E-state index in [0.717, 1.165) is 12.1 Å². The van der Waals surface area contributed by atoms with E-state index >= 15 is 0 Å². The first-order valence-electron chi connectivity index (χ1n) is 7.16. The summed E-state index contributed by atoms with van der Waals surface area (Å²) in [7, 11) is 3.24. The van der Waals surface area contributed by atoms with Gasteiger partial charge in [-0.15, -0.1) is 12.4 Å². The van der Waals surface area contributed by atoms with E-state index in [1.54, 1.807) is 7.05 Å². The molecule has 0 aliphatic carbocycles. The predicted molar refractivity (Wildman–Crippen MR) is 87.9 cm³/mol. The Morgan fingerprint density at radius 1 is 1.25 bits per heavy atom. The van der Waals surface area contributed by atoms with Crippen molar-refractivity contribution < 1.29 is 27.4 Å². The lowest BCUT2D eigenvalue weighted by Gasteiger charge is -2.15. The lowest BCUT2D eigenvalue weighted by Crippen LogP contribution is -2.17. The van der Waals surface area contributed by atoms with Gasteiger partial charge in [0.05, 0.1) is 17.9 Å². The number of halogens is 4. The van der Waals surface area contributed by atoms with Crippen LogP contribution in [-0.2, 0) is 15.7 Å². The lowest BCUT2D eigenvalue weighted by molar-refractivity contribution is -0.137. The number of rotatable bonds is 9. The molecule has 0 saturated heterocycles. The molecule has 0 atom stereocenters. The fraction of sp³-hybridized carbons (Fsp3) is 0.533. The van der Waals surface area contributed by atoms with Gasteiger partial charge in [-0.3, -0.25) is 4.79 Å². The first-order valence-corrected chi connectivity index (χ1v) is 7.16. The van der Waals surface area contributed by atoms with E-state index in [-0.39, 0.29) is 49.4 Å². The molecule has 0 fully saturated rings. The average molecular weight is 371 g/mol. The summed E-state index contributed by atoms with van der Waals surface area (Å²) in [5.41, 5.74) is -0.840. The highest BCUT2D eigenvalue weighted by Crippen LogP contribution is 2.35. The number of hydrogen-bond acceptors (Lipinski definition) is 4. The van der Waals surface area contributed by atoms with Crippen LogP contribution in [0.3, 0.4) is 0 Å². The third-order valence-electron chi connectivity index (χ3n) is 2.96. The first kappa shape index (κ1) is 22.5. The molecule has 0 heterocycles. The molecule has 2 N–H and O–H groups in total. The Hall–Kier alpha value is -1.51. The van der Waals surface area contributed by atoms with E-state index in [1.165, 1.54) is 13.2 Å². The number of methoxy groups -OCH3 is 1. The number of carbonyl (C=O) groups excluding carboxylic acids is 1. The van der Waals surface area contributed by atoms with Gasteiger partial charge in [-0.1, -0.05) is 0 Å². The van der Waals surface area contributed by atoms with Crippen LogP contribution in [0.25, 0.3) is 0 Å². The zero-order valence-electron chi connectivity index (χ0n) is 13.5. The van der Waals surface area contributed by atoms with Gasteiger partial charge in [-0.2, -0.15) is 13.2 Å². The number of anilines is 1. The Morgan fingerprint density at radius 2 is 1.96 bits per heavy atom. The van der Waals surface area contributed by atoms with Gasteiger partial charge in [0, 0.05) is 13.5 Å². The van der Waals surface area contributed by atoms with Crippen molar-refractivity contribution in [2.75, 3.05) is 39.2 Å². The molecular formula is C15H22ClF3N2O3. The van der Waals surface area contributed by atoms with Crippen molar-refractivity contribution in [2.24, 2.45) is 0 Å². The van der Waals surface area contributed by atoms with Crippen molar-refractivity contribution in [1.82, 2.24) is 5.32 Å². The number of benzene rings is 1. The van der Waals surface area contributed by atoms with Crippen molar-refractivity contribution in [2.45, 2.75) is 19.0 Å². The molecule has 1 amide bonds. The summed E-state index contributed by atoms with van der Waals surface area (Å²) in [5, 5.41) is 5.37. The maximum Gasteiger partial charge on any atom is 0.416 e. The van der Waals surface area contributed by atoms with Crippen LogP contribution in [0.15, 0.2) is 18.2 Å². The number of carbonyl (C=O) groups is 1. The van der Waals surface area contributed by atoms with Gasteiger partial charge in [0.25, 0.3) is 0 Å². The Balaban J connectivity index is 0.00000529. The zero-order valence-corrected chi connectivity index (χ0v) is 14.4. The van der Waals surface area contributed by atoms with Crippen molar-refractivity contribution in [3.8, 4) is 5.75 Å². The number of hydrogen-bond donors (Lipinski definition) is 2. The molecule has 0 aliphatic rings. The summed E-state index contributed by atoms with van der Waals surface area (Å²) in [4.78, 5) is 11.8. The number of nitrogens with one attached hydrogen (secondary N) is 2. The van der Waals surface area contributed by atoms with Gasteiger partial charge in [-0.25, -0.2) is 0 Å². The van der Waals surface area contributed by atoms with Gasteiger partial charge >= 0.3 is 6.18 Å².